The van der Waals surface area contributed by atoms with Crippen molar-refractivity contribution in [1.82, 2.24) is 14.5 Å². The third kappa shape index (κ3) is 3.33. The van der Waals surface area contributed by atoms with Crippen LogP contribution >= 0.6 is 28.1 Å². The average Bonchev–Trinajstić information content (AvgIpc) is 2.79. The fourth-order valence-corrected chi connectivity index (χ4v) is 2.77. The Morgan fingerprint density at radius 3 is 2.90 bits per heavy atom. The predicted octanol–water partition coefficient (Wildman–Crippen LogP) is 4.33. The fraction of sp³-hybridized carbons (Fsp3) is 0.200. The Kier molecular flexibility index (Phi) is 4.36. The average molecular weight is 364 g/mol. The molecule has 3 rings (SSSR count). The van der Waals surface area contributed by atoms with Crippen LogP contribution in [-0.4, -0.2) is 21.1 Å². The number of fused-ring (bicyclic) bond motifs is 1. The van der Waals surface area contributed by atoms with Crippen molar-refractivity contribution in [3.63, 3.8) is 0 Å². The molecular formula is C15H14BrN3OS. The molecule has 3 aromatic rings. The molecule has 0 aliphatic heterocycles. The van der Waals surface area contributed by atoms with Gasteiger partial charge in [0.2, 0.25) is 0 Å². The highest BCUT2D eigenvalue weighted by molar-refractivity contribution is 9.10. The van der Waals surface area contributed by atoms with Gasteiger partial charge in [-0.25, -0.2) is 4.98 Å². The number of aromatic amines is 1. The van der Waals surface area contributed by atoms with Crippen molar-refractivity contribution in [2.24, 2.45) is 0 Å². The van der Waals surface area contributed by atoms with Gasteiger partial charge in [0.05, 0.1) is 12.1 Å². The SMILES string of the molecule is S=c1[nH]c2cc(Br)cnc2n1CCCOc1ccccc1. The van der Waals surface area contributed by atoms with E-state index in [1.165, 1.54) is 0 Å². The second kappa shape index (κ2) is 6.41. The van der Waals surface area contributed by atoms with E-state index < -0.39 is 0 Å². The van der Waals surface area contributed by atoms with Gasteiger partial charge in [-0.15, -0.1) is 0 Å². The number of imidazole rings is 1. The zero-order valence-electron chi connectivity index (χ0n) is 11.3. The molecule has 0 fully saturated rings. The Morgan fingerprint density at radius 1 is 1.29 bits per heavy atom. The molecule has 0 unspecified atom stereocenters. The Labute approximate surface area is 135 Å². The van der Waals surface area contributed by atoms with Gasteiger partial charge in [0, 0.05) is 17.2 Å². The summed E-state index contributed by atoms with van der Waals surface area (Å²) in [7, 11) is 0. The Morgan fingerprint density at radius 2 is 2.10 bits per heavy atom. The third-order valence-electron chi connectivity index (χ3n) is 3.11. The smallest absolute Gasteiger partial charge is 0.179 e. The van der Waals surface area contributed by atoms with Gasteiger partial charge in [-0.05, 0) is 52.8 Å². The highest BCUT2D eigenvalue weighted by Gasteiger charge is 2.06. The van der Waals surface area contributed by atoms with Gasteiger partial charge in [0.15, 0.2) is 10.4 Å². The molecule has 0 amide bonds. The van der Waals surface area contributed by atoms with E-state index >= 15 is 0 Å². The van der Waals surface area contributed by atoms with Crippen LogP contribution < -0.4 is 4.74 Å². The number of rotatable bonds is 5. The number of H-pyrrole nitrogens is 1. The standard InChI is InChI=1S/C15H14BrN3OS/c16-11-9-13-14(17-10-11)19(15(21)18-13)7-4-8-20-12-5-2-1-3-6-12/h1-3,5-6,9-10H,4,7-8H2,(H,18,21). The first-order chi connectivity index (χ1) is 10.2. The van der Waals surface area contributed by atoms with E-state index in [1.54, 1.807) is 6.20 Å². The molecule has 1 aromatic carbocycles. The molecule has 108 valence electrons. The second-order valence-corrected chi connectivity index (χ2v) is 5.92. The molecule has 6 heteroatoms. The number of halogens is 1. The molecule has 0 radical (unpaired) electrons. The number of hydrogen-bond donors (Lipinski definition) is 1. The lowest BCUT2D eigenvalue weighted by Crippen LogP contribution is -2.05. The van der Waals surface area contributed by atoms with Crippen LogP contribution in [0.25, 0.3) is 11.2 Å². The van der Waals surface area contributed by atoms with Gasteiger partial charge in [-0.1, -0.05) is 18.2 Å². The highest BCUT2D eigenvalue weighted by atomic mass is 79.9. The highest BCUT2D eigenvalue weighted by Crippen LogP contribution is 2.17. The van der Waals surface area contributed by atoms with Gasteiger partial charge in [-0.3, -0.25) is 0 Å². The summed E-state index contributed by atoms with van der Waals surface area (Å²) in [6.07, 6.45) is 2.65. The minimum atomic E-state index is 0.648. The first kappa shape index (κ1) is 14.3. The molecule has 0 spiro atoms. The summed E-state index contributed by atoms with van der Waals surface area (Å²) >= 11 is 8.76. The third-order valence-corrected chi connectivity index (χ3v) is 3.87. The molecule has 0 saturated heterocycles. The van der Waals surface area contributed by atoms with Crippen LogP contribution in [-0.2, 0) is 6.54 Å². The van der Waals surface area contributed by atoms with E-state index in [1.807, 2.05) is 41.0 Å². The van der Waals surface area contributed by atoms with Crippen LogP contribution in [0.5, 0.6) is 5.75 Å². The van der Waals surface area contributed by atoms with E-state index in [4.69, 9.17) is 17.0 Å². The topological polar surface area (TPSA) is 42.8 Å². The van der Waals surface area contributed by atoms with Crippen molar-refractivity contribution in [1.29, 1.82) is 0 Å². The lowest BCUT2D eigenvalue weighted by Gasteiger charge is -2.07. The van der Waals surface area contributed by atoms with Crippen molar-refractivity contribution in [3.8, 4) is 5.75 Å². The quantitative estimate of drug-likeness (QED) is 0.541. The number of aromatic nitrogens is 3. The zero-order chi connectivity index (χ0) is 14.7. The van der Waals surface area contributed by atoms with Gasteiger partial charge in [-0.2, -0.15) is 0 Å². The van der Waals surface area contributed by atoms with Crippen molar-refractivity contribution in [2.45, 2.75) is 13.0 Å². The molecule has 0 aliphatic rings. The number of aryl methyl sites for hydroxylation is 1. The molecule has 0 bridgehead atoms. The van der Waals surface area contributed by atoms with E-state index in [9.17, 15) is 0 Å². The van der Waals surface area contributed by atoms with E-state index in [0.717, 1.165) is 34.4 Å². The fourth-order valence-electron chi connectivity index (χ4n) is 2.15. The van der Waals surface area contributed by atoms with Gasteiger partial charge < -0.3 is 14.3 Å². The number of hydrogen-bond acceptors (Lipinski definition) is 3. The van der Waals surface area contributed by atoms with Crippen LogP contribution in [0, 0.1) is 4.77 Å². The normalized spacial score (nSPS) is 10.9. The van der Waals surface area contributed by atoms with Gasteiger partial charge in [0.25, 0.3) is 0 Å². The molecule has 0 atom stereocenters. The van der Waals surface area contributed by atoms with Crippen LogP contribution in [0.1, 0.15) is 6.42 Å². The molecule has 21 heavy (non-hydrogen) atoms. The number of pyridine rings is 1. The maximum atomic E-state index is 5.69. The van der Waals surface area contributed by atoms with Gasteiger partial charge >= 0.3 is 0 Å². The number of nitrogens with zero attached hydrogens (tertiary/aromatic N) is 2. The summed E-state index contributed by atoms with van der Waals surface area (Å²) in [6.45, 7) is 1.43. The predicted molar refractivity (Wildman–Crippen MR) is 89.2 cm³/mol. The number of nitrogens with one attached hydrogen (secondary N) is 1. The summed E-state index contributed by atoms with van der Waals surface area (Å²) in [5.74, 6) is 0.891. The summed E-state index contributed by atoms with van der Waals surface area (Å²) in [4.78, 5) is 7.59. The van der Waals surface area contributed by atoms with Crippen LogP contribution in [0.2, 0.25) is 0 Å². The van der Waals surface area contributed by atoms with Crippen molar-refractivity contribution < 1.29 is 4.74 Å². The Bertz CT molecular complexity index is 798. The van der Waals surface area contributed by atoms with Crippen LogP contribution in [0.15, 0.2) is 47.1 Å². The molecule has 1 N–H and O–H groups in total. The minimum Gasteiger partial charge on any atom is -0.494 e. The summed E-state index contributed by atoms with van der Waals surface area (Å²) < 4.78 is 9.32. The Hall–Kier alpha value is -1.66. The monoisotopic (exact) mass is 363 g/mol. The Balaban J connectivity index is 1.66. The molecule has 4 nitrogen and oxygen atoms in total. The molecule has 0 saturated carbocycles. The van der Waals surface area contributed by atoms with Crippen molar-refractivity contribution in [3.05, 3.63) is 51.8 Å². The van der Waals surface area contributed by atoms with Crippen molar-refractivity contribution >= 4 is 39.3 Å². The van der Waals surface area contributed by atoms with Gasteiger partial charge in [0.1, 0.15) is 5.75 Å². The lowest BCUT2D eigenvalue weighted by molar-refractivity contribution is 0.302. The zero-order valence-corrected chi connectivity index (χ0v) is 13.7. The number of para-hydroxylation sites is 1. The largest absolute Gasteiger partial charge is 0.494 e. The molecule has 2 aromatic heterocycles. The number of benzene rings is 1. The second-order valence-electron chi connectivity index (χ2n) is 4.62. The first-order valence-corrected chi connectivity index (χ1v) is 7.86. The lowest BCUT2D eigenvalue weighted by atomic mass is 10.3. The van der Waals surface area contributed by atoms with Crippen LogP contribution in [0.4, 0.5) is 0 Å². The molecular weight excluding hydrogens is 350 g/mol. The maximum absolute atomic E-state index is 5.69. The van der Waals surface area contributed by atoms with Crippen molar-refractivity contribution in [2.75, 3.05) is 6.61 Å². The van der Waals surface area contributed by atoms with E-state index in [2.05, 4.69) is 25.9 Å². The molecule has 0 aliphatic carbocycles. The van der Waals surface area contributed by atoms with E-state index in [-0.39, 0.29) is 0 Å². The summed E-state index contributed by atoms with van der Waals surface area (Å²) in [5, 5.41) is 0. The minimum absolute atomic E-state index is 0.648. The summed E-state index contributed by atoms with van der Waals surface area (Å²) in [6, 6.07) is 11.8. The number of ether oxygens (including phenoxy) is 1. The maximum Gasteiger partial charge on any atom is 0.179 e. The molecule has 2 heterocycles. The van der Waals surface area contributed by atoms with E-state index in [0.29, 0.717) is 11.4 Å². The summed E-state index contributed by atoms with van der Waals surface area (Å²) in [5.41, 5.74) is 1.82. The van der Waals surface area contributed by atoms with Crippen LogP contribution in [0.3, 0.4) is 0 Å². The first-order valence-electron chi connectivity index (χ1n) is 6.66.